The van der Waals surface area contributed by atoms with E-state index in [4.69, 9.17) is 4.52 Å². The third-order valence-corrected chi connectivity index (χ3v) is 5.72. The molecule has 162 valence electrons. The van der Waals surface area contributed by atoms with Gasteiger partial charge >= 0.3 is 0 Å². The van der Waals surface area contributed by atoms with Gasteiger partial charge in [-0.05, 0) is 43.0 Å². The lowest BCUT2D eigenvalue weighted by molar-refractivity contribution is -0.128. The minimum Gasteiger partial charge on any atom is -0.344 e. The molecule has 7 nitrogen and oxygen atoms in total. The third kappa shape index (κ3) is 5.35. The van der Waals surface area contributed by atoms with Crippen LogP contribution in [0.5, 0.6) is 0 Å². The Morgan fingerprint density at radius 3 is 2.81 bits per heavy atom. The molecule has 0 radical (unpaired) electrons. The smallest absolute Gasteiger partial charge is 0.249 e. The molecule has 4 rings (SSSR count). The van der Waals surface area contributed by atoms with Gasteiger partial charge in [0, 0.05) is 31.0 Å². The lowest BCUT2D eigenvalue weighted by Gasteiger charge is -2.33. The van der Waals surface area contributed by atoms with Gasteiger partial charge in [0.25, 0.3) is 0 Å². The Bertz CT molecular complexity index is 974. The summed E-state index contributed by atoms with van der Waals surface area (Å²) >= 11 is 0. The Kier molecular flexibility index (Phi) is 6.72. The topological polar surface area (TPSA) is 84.2 Å². The number of rotatable bonds is 7. The number of amides is 1. The van der Waals surface area contributed by atoms with Gasteiger partial charge in [0.05, 0.1) is 5.92 Å². The van der Waals surface area contributed by atoms with E-state index in [1.807, 2.05) is 32.0 Å². The van der Waals surface area contributed by atoms with E-state index in [-0.39, 0.29) is 23.8 Å². The van der Waals surface area contributed by atoms with E-state index in [9.17, 15) is 4.79 Å². The molecule has 1 N–H and O–H groups in total. The SMILES string of the molecule is CC(C)C(NC(=O)C1CCCN(Cc2ccccc2)C1)c1nc(-c2cccnc2)no1. The molecule has 0 spiro atoms. The molecule has 2 aromatic heterocycles. The summed E-state index contributed by atoms with van der Waals surface area (Å²) in [6.07, 6.45) is 5.31. The van der Waals surface area contributed by atoms with E-state index >= 15 is 0 Å². The molecule has 1 aromatic carbocycles. The normalized spacial score (nSPS) is 18.1. The van der Waals surface area contributed by atoms with Crippen LogP contribution in [0.1, 0.15) is 44.2 Å². The molecule has 0 aliphatic carbocycles. The van der Waals surface area contributed by atoms with Crippen LogP contribution >= 0.6 is 0 Å². The number of benzene rings is 1. The molecule has 1 aliphatic rings. The van der Waals surface area contributed by atoms with Crippen molar-refractivity contribution in [3.8, 4) is 11.4 Å². The molecule has 3 aromatic rings. The summed E-state index contributed by atoms with van der Waals surface area (Å²) < 4.78 is 5.52. The van der Waals surface area contributed by atoms with Crippen LogP contribution in [0.15, 0.2) is 59.4 Å². The van der Waals surface area contributed by atoms with Crippen LogP contribution in [0, 0.1) is 11.8 Å². The van der Waals surface area contributed by atoms with Crippen LogP contribution in [-0.2, 0) is 11.3 Å². The number of likely N-dealkylation sites (tertiary alicyclic amines) is 1. The minimum atomic E-state index is -0.324. The summed E-state index contributed by atoms with van der Waals surface area (Å²) in [7, 11) is 0. The lowest BCUT2D eigenvalue weighted by Crippen LogP contribution is -2.44. The molecule has 1 saturated heterocycles. The van der Waals surface area contributed by atoms with Gasteiger partial charge in [0.2, 0.25) is 17.6 Å². The number of carbonyl (C=O) groups is 1. The Labute approximate surface area is 182 Å². The first-order valence-corrected chi connectivity index (χ1v) is 10.9. The van der Waals surface area contributed by atoms with E-state index in [0.29, 0.717) is 11.7 Å². The number of hydrogen-bond donors (Lipinski definition) is 1. The molecule has 0 bridgehead atoms. The molecule has 0 saturated carbocycles. The second kappa shape index (κ2) is 9.83. The monoisotopic (exact) mass is 419 g/mol. The highest BCUT2D eigenvalue weighted by Gasteiger charge is 2.31. The van der Waals surface area contributed by atoms with Crippen LogP contribution in [-0.4, -0.2) is 39.0 Å². The molecule has 2 atom stereocenters. The second-order valence-corrected chi connectivity index (χ2v) is 8.49. The van der Waals surface area contributed by atoms with Crippen molar-refractivity contribution in [2.45, 2.75) is 39.3 Å². The Hall–Kier alpha value is -3.06. The van der Waals surface area contributed by atoms with Crippen molar-refractivity contribution in [2.75, 3.05) is 13.1 Å². The van der Waals surface area contributed by atoms with Crippen LogP contribution in [0.25, 0.3) is 11.4 Å². The molecule has 1 amide bonds. The summed E-state index contributed by atoms with van der Waals surface area (Å²) in [6.45, 7) is 6.74. The molecule has 31 heavy (non-hydrogen) atoms. The van der Waals surface area contributed by atoms with Crippen molar-refractivity contribution in [1.29, 1.82) is 0 Å². The first-order valence-electron chi connectivity index (χ1n) is 10.9. The summed E-state index contributed by atoms with van der Waals surface area (Å²) in [6, 6.07) is 13.8. The Balaban J connectivity index is 1.41. The van der Waals surface area contributed by atoms with Crippen molar-refractivity contribution in [3.63, 3.8) is 0 Å². The summed E-state index contributed by atoms with van der Waals surface area (Å²) in [5.41, 5.74) is 2.06. The molecule has 1 aliphatic heterocycles. The Morgan fingerprint density at radius 2 is 2.06 bits per heavy atom. The van der Waals surface area contributed by atoms with Crippen LogP contribution in [0.3, 0.4) is 0 Å². The molecular weight excluding hydrogens is 390 g/mol. The number of aromatic nitrogens is 3. The lowest BCUT2D eigenvalue weighted by atomic mass is 9.95. The number of carbonyl (C=O) groups excluding carboxylic acids is 1. The average molecular weight is 420 g/mol. The molecule has 7 heteroatoms. The number of nitrogens with zero attached hydrogens (tertiary/aromatic N) is 4. The minimum absolute atomic E-state index is 0.0422. The maximum atomic E-state index is 13.1. The number of pyridine rings is 1. The standard InChI is InChI=1S/C24H29N5O2/c1-17(2)21(24-27-22(28-31-24)19-10-6-12-25-14-19)26-23(30)20-11-7-13-29(16-20)15-18-8-4-3-5-9-18/h3-6,8-10,12,14,17,20-21H,7,11,13,15-16H2,1-2H3,(H,26,30). The van der Waals surface area contributed by atoms with E-state index < -0.39 is 0 Å². The van der Waals surface area contributed by atoms with E-state index in [1.165, 1.54) is 5.56 Å². The summed E-state index contributed by atoms with van der Waals surface area (Å²) in [5.74, 6) is 1.04. The van der Waals surface area contributed by atoms with Crippen LogP contribution in [0.2, 0.25) is 0 Å². The van der Waals surface area contributed by atoms with Crippen LogP contribution in [0.4, 0.5) is 0 Å². The van der Waals surface area contributed by atoms with Gasteiger partial charge in [-0.3, -0.25) is 14.7 Å². The number of nitrogens with one attached hydrogen (secondary N) is 1. The predicted octanol–water partition coefficient (Wildman–Crippen LogP) is 3.86. The van der Waals surface area contributed by atoms with Crippen molar-refractivity contribution in [2.24, 2.45) is 11.8 Å². The highest BCUT2D eigenvalue weighted by Crippen LogP contribution is 2.25. The molecule has 3 heterocycles. The quantitative estimate of drug-likeness (QED) is 0.626. The van der Waals surface area contributed by atoms with Gasteiger partial charge in [-0.2, -0.15) is 4.98 Å². The fraction of sp³-hybridized carbons (Fsp3) is 0.417. The van der Waals surface area contributed by atoms with Crippen molar-refractivity contribution in [3.05, 3.63) is 66.3 Å². The van der Waals surface area contributed by atoms with Gasteiger partial charge in [0.1, 0.15) is 6.04 Å². The van der Waals surface area contributed by atoms with E-state index in [1.54, 1.807) is 12.4 Å². The largest absolute Gasteiger partial charge is 0.344 e. The predicted molar refractivity (Wildman–Crippen MR) is 118 cm³/mol. The fourth-order valence-corrected chi connectivity index (χ4v) is 4.01. The zero-order chi connectivity index (χ0) is 21.6. The maximum absolute atomic E-state index is 13.1. The molecular formula is C24H29N5O2. The zero-order valence-corrected chi connectivity index (χ0v) is 18.1. The first kappa shape index (κ1) is 21.2. The first-order chi connectivity index (χ1) is 15.1. The highest BCUT2D eigenvalue weighted by molar-refractivity contribution is 5.79. The van der Waals surface area contributed by atoms with Crippen molar-refractivity contribution in [1.82, 2.24) is 25.3 Å². The number of piperidine rings is 1. The second-order valence-electron chi connectivity index (χ2n) is 8.49. The van der Waals surface area contributed by atoms with Gasteiger partial charge in [-0.15, -0.1) is 0 Å². The van der Waals surface area contributed by atoms with E-state index in [0.717, 1.165) is 38.0 Å². The summed E-state index contributed by atoms with van der Waals surface area (Å²) in [5, 5.41) is 7.26. The van der Waals surface area contributed by atoms with Gasteiger partial charge in [0.15, 0.2) is 0 Å². The third-order valence-electron chi connectivity index (χ3n) is 5.72. The Morgan fingerprint density at radius 1 is 1.23 bits per heavy atom. The fourth-order valence-electron chi connectivity index (χ4n) is 4.01. The van der Waals surface area contributed by atoms with Gasteiger partial charge in [-0.25, -0.2) is 0 Å². The maximum Gasteiger partial charge on any atom is 0.249 e. The zero-order valence-electron chi connectivity index (χ0n) is 18.1. The average Bonchev–Trinajstić information content (AvgIpc) is 3.28. The molecule has 2 unspecified atom stereocenters. The van der Waals surface area contributed by atoms with Crippen molar-refractivity contribution >= 4 is 5.91 Å². The van der Waals surface area contributed by atoms with E-state index in [2.05, 4.69) is 49.6 Å². The summed E-state index contributed by atoms with van der Waals surface area (Å²) in [4.78, 5) is 24.1. The van der Waals surface area contributed by atoms with Crippen molar-refractivity contribution < 1.29 is 9.32 Å². The van der Waals surface area contributed by atoms with Gasteiger partial charge in [-0.1, -0.05) is 49.3 Å². The molecule has 1 fully saturated rings. The highest BCUT2D eigenvalue weighted by atomic mass is 16.5. The number of hydrogen-bond acceptors (Lipinski definition) is 6. The van der Waals surface area contributed by atoms with Crippen LogP contribution < -0.4 is 5.32 Å². The van der Waals surface area contributed by atoms with Gasteiger partial charge < -0.3 is 9.84 Å².